The van der Waals surface area contributed by atoms with Crippen LogP contribution in [-0.4, -0.2) is 58.2 Å². The van der Waals surface area contributed by atoms with Crippen LogP contribution < -0.4 is 0 Å². The molecule has 0 aromatic rings. The number of hydrogen-bond acceptors (Lipinski definition) is 6. The lowest BCUT2D eigenvalue weighted by Gasteiger charge is -2.43. The van der Waals surface area contributed by atoms with Crippen molar-refractivity contribution >= 4 is 0 Å². The van der Waals surface area contributed by atoms with Gasteiger partial charge in [0.1, 0.15) is 30.5 Å². The Morgan fingerprint density at radius 1 is 1.00 bits per heavy atom. The molecule has 8 atom stereocenters. The Bertz CT molecular complexity index is 358. The van der Waals surface area contributed by atoms with E-state index < -0.39 is 30.7 Å². The Morgan fingerprint density at radius 3 is 2.29 bits per heavy atom. The van der Waals surface area contributed by atoms with Crippen LogP contribution in [0.25, 0.3) is 0 Å². The van der Waals surface area contributed by atoms with Crippen molar-refractivity contribution in [2.24, 2.45) is 5.92 Å². The molecule has 0 amide bonds. The second-order valence-corrected chi connectivity index (χ2v) is 5.79. The van der Waals surface area contributed by atoms with Gasteiger partial charge in [0.2, 0.25) is 0 Å². The molecule has 0 aliphatic carbocycles. The van der Waals surface area contributed by atoms with E-state index in [0.717, 1.165) is 6.42 Å². The number of rotatable bonds is 4. The van der Waals surface area contributed by atoms with Gasteiger partial charge in [-0.1, -0.05) is 20.8 Å². The minimum Gasteiger partial charge on any atom is -0.496 e. The third-order valence-electron chi connectivity index (χ3n) is 4.28. The first-order chi connectivity index (χ1) is 9.99. The summed E-state index contributed by atoms with van der Waals surface area (Å²) < 4.78 is 17.0. The van der Waals surface area contributed by atoms with Crippen LogP contribution in [0, 0.1) is 5.92 Å². The van der Waals surface area contributed by atoms with Crippen molar-refractivity contribution in [2.45, 2.75) is 76.5 Å². The second-order valence-electron chi connectivity index (χ2n) is 5.79. The van der Waals surface area contributed by atoms with Crippen LogP contribution in [0.4, 0.5) is 0 Å². The SMILES string of the molecule is CCC1O[C@@H](O[C@@H]2C(C)C=COC2CC)C(O)C(O)[C@H]1O. The fraction of sp³-hybridized carbons (Fsp3) is 0.867. The third-order valence-corrected chi connectivity index (χ3v) is 4.28. The van der Waals surface area contributed by atoms with Crippen LogP contribution in [0.1, 0.15) is 33.6 Å². The Kier molecular flexibility index (Phi) is 5.62. The van der Waals surface area contributed by atoms with Gasteiger partial charge in [-0.15, -0.1) is 0 Å². The number of aliphatic hydroxyl groups is 3. The van der Waals surface area contributed by atoms with Crippen LogP contribution in [-0.2, 0) is 14.2 Å². The van der Waals surface area contributed by atoms with E-state index in [-0.39, 0.29) is 18.1 Å². The summed E-state index contributed by atoms with van der Waals surface area (Å²) in [6, 6.07) is 0. The maximum Gasteiger partial charge on any atom is 0.187 e. The van der Waals surface area contributed by atoms with Crippen molar-refractivity contribution in [3.63, 3.8) is 0 Å². The van der Waals surface area contributed by atoms with Gasteiger partial charge >= 0.3 is 0 Å². The molecule has 0 radical (unpaired) electrons. The molecule has 2 aliphatic heterocycles. The quantitative estimate of drug-likeness (QED) is 0.703. The molecule has 0 aromatic heterocycles. The van der Waals surface area contributed by atoms with Gasteiger partial charge in [0.25, 0.3) is 0 Å². The molecule has 3 N–H and O–H groups in total. The van der Waals surface area contributed by atoms with Gasteiger partial charge in [-0.05, 0) is 18.9 Å². The van der Waals surface area contributed by atoms with Crippen molar-refractivity contribution in [2.75, 3.05) is 0 Å². The van der Waals surface area contributed by atoms with Gasteiger partial charge in [0.05, 0.1) is 12.4 Å². The summed E-state index contributed by atoms with van der Waals surface area (Å²) in [6.07, 6.45) is -0.699. The Hall–Kier alpha value is -0.660. The van der Waals surface area contributed by atoms with Gasteiger partial charge in [0, 0.05) is 5.92 Å². The molecule has 2 rings (SSSR count). The highest BCUT2D eigenvalue weighted by Gasteiger charge is 2.45. The average molecular weight is 302 g/mol. The van der Waals surface area contributed by atoms with Gasteiger partial charge in [0.15, 0.2) is 6.29 Å². The molecular weight excluding hydrogens is 276 g/mol. The zero-order chi connectivity index (χ0) is 15.6. The third kappa shape index (κ3) is 3.40. The molecule has 6 nitrogen and oxygen atoms in total. The predicted octanol–water partition coefficient (Wildman–Crippen LogP) is 0.548. The summed E-state index contributed by atoms with van der Waals surface area (Å²) in [4.78, 5) is 0. The fourth-order valence-corrected chi connectivity index (χ4v) is 2.86. The zero-order valence-corrected chi connectivity index (χ0v) is 12.8. The van der Waals surface area contributed by atoms with Crippen LogP contribution in [0.5, 0.6) is 0 Å². The van der Waals surface area contributed by atoms with E-state index in [2.05, 4.69) is 0 Å². The van der Waals surface area contributed by atoms with Crippen LogP contribution >= 0.6 is 0 Å². The van der Waals surface area contributed by atoms with Crippen LogP contribution in [0.3, 0.4) is 0 Å². The molecule has 5 unspecified atom stereocenters. The van der Waals surface area contributed by atoms with Gasteiger partial charge in [-0.25, -0.2) is 0 Å². The van der Waals surface area contributed by atoms with E-state index in [1.165, 1.54) is 0 Å². The first kappa shape index (κ1) is 16.7. The van der Waals surface area contributed by atoms with Gasteiger partial charge < -0.3 is 29.5 Å². The van der Waals surface area contributed by atoms with Crippen molar-refractivity contribution in [1.29, 1.82) is 0 Å². The van der Waals surface area contributed by atoms with Gasteiger partial charge in [-0.3, -0.25) is 0 Å². The smallest absolute Gasteiger partial charge is 0.187 e. The Morgan fingerprint density at radius 2 is 1.67 bits per heavy atom. The lowest BCUT2D eigenvalue weighted by molar-refractivity contribution is -0.317. The molecule has 2 aliphatic rings. The molecule has 0 bridgehead atoms. The van der Waals surface area contributed by atoms with Crippen molar-refractivity contribution in [1.82, 2.24) is 0 Å². The molecular formula is C15H26O6. The molecule has 21 heavy (non-hydrogen) atoms. The highest BCUT2D eigenvalue weighted by Crippen LogP contribution is 2.29. The topological polar surface area (TPSA) is 88.4 Å². The number of hydrogen-bond donors (Lipinski definition) is 3. The molecule has 1 fully saturated rings. The van der Waals surface area contributed by atoms with Crippen LogP contribution in [0.2, 0.25) is 0 Å². The zero-order valence-electron chi connectivity index (χ0n) is 12.8. The predicted molar refractivity (Wildman–Crippen MR) is 75.3 cm³/mol. The fourth-order valence-electron chi connectivity index (χ4n) is 2.86. The first-order valence-corrected chi connectivity index (χ1v) is 7.66. The van der Waals surface area contributed by atoms with Crippen LogP contribution in [0.15, 0.2) is 12.3 Å². The maximum absolute atomic E-state index is 10.1. The highest BCUT2D eigenvalue weighted by atomic mass is 16.7. The summed E-state index contributed by atoms with van der Waals surface area (Å²) in [5.41, 5.74) is 0. The molecule has 122 valence electrons. The molecule has 1 saturated heterocycles. The van der Waals surface area contributed by atoms with E-state index in [0.29, 0.717) is 6.42 Å². The lowest BCUT2D eigenvalue weighted by atomic mass is 9.94. The molecule has 6 heteroatoms. The van der Waals surface area contributed by atoms with Gasteiger partial charge in [-0.2, -0.15) is 0 Å². The summed E-state index contributed by atoms with van der Waals surface area (Å²) in [5, 5.41) is 29.9. The molecule has 0 saturated carbocycles. The standard InChI is InChI=1S/C15H26O6/c1-4-9-11(16)12(17)13(18)15(20-9)21-14-8(3)6-7-19-10(14)5-2/h6-18H,4-5H2,1-3H3/t8?,9?,10?,11-,12?,13?,14+,15-/m0/s1. The Labute approximate surface area is 125 Å². The highest BCUT2D eigenvalue weighted by molar-refractivity contribution is 4.96. The minimum absolute atomic E-state index is 0.114. The normalized spacial score (nSPS) is 47.1. The minimum atomic E-state index is -1.28. The molecule has 0 aromatic carbocycles. The van der Waals surface area contributed by atoms with E-state index in [4.69, 9.17) is 14.2 Å². The number of ether oxygens (including phenoxy) is 3. The molecule has 2 heterocycles. The summed E-state index contributed by atoms with van der Waals surface area (Å²) in [6.45, 7) is 5.85. The lowest BCUT2D eigenvalue weighted by Crippen LogP contribution is -2.59. The summed E-state index contributed by atoms with van der Waals surface area (Å²) in [7, 11) is 0. The summed E-state index contributed by atoms with van der Waals surface area (Å²) >= 11 is 0. The van der Waals surface area contributed by atoms with E-state index in [1.807, 2.05) is 26.8 Å². The summed E-state index contributed by atoms with van der Waals surface area (Å²) in [5.74, 6) is 0.114. The number of aliphatic hydroxyl groups excluding tert-OH is 3. The van der Waals surface area contributed by atoms with E-state index in [1.54, 1.807) is 6.26 Å². The largest absolute Gasteiger partial charge is 0.496 e. The van der Waals surface area contributed by atoms with E-state index in [9.17, 15) is 15.3 Å². The Balaban J connectivity index is 2.08. The van der Waals surface area contributed by atoms with Crippen molar-refractivity contribution < 1.29 is 29.5 Å². The first-order valence-electron chi connectivity index (χ1n) is 7.66. The molecule has 0 spiro atoms. The van der Waals surface area contributed by atoms with Crippen molar-refractivity contribution in [3.8, 4) is 0 Å². The van der Waals surface area contributed by atoms with E-state index >= 15 is 0 Å². The monoisotopic (exact) mass is 302 g/mol. The average Bonchev–Trinajstić information content (AvgIpc) is 2.49. The maximum atomic E-state index is 10.1. The van der Waals surface area contributed by atoms with Crippen molar-refractivity contribution in [3.05, 3.63) is 12.3 Å². The second kappa shape index (κ2) is 7.07.